The van der Waals surface area contributed by atoms with Gasteiger partial charge < -0.3 is 14.6 Å². The van der Waals surface area contributed by atoms with Gasteiger partial charge in [-0.15, -0.1) is 0 Å². The zero-order chi connectivity index (χ0) is 16.5. The topological polar surface area (TPSA) is 39.1 Å². The van der Waals surface area contributed by atoms with Gasteiger partial charge in [-0.2, -0.15) is 0 Å². The van der Waals surface area contributed by atoms with Crippen molar-refractivity contribution in [3.63, 3.8) is 0 Å². The summed E-state index contributed by atoms with van der Waals surface area (Å²) in [5.74, 6) is 0.409. The number of aryl methyl sites for hydroxylation is 1. The fraction of sp³-hybridized carbons (Fsp3) is 0.526. The highest BCUT2D eigenvalue weighted by Gasteiger charge is 2.34. The lowest BCUT2D eigenvalue weighted by Crippen LogP contribution is -2.47. The van der Waals surface area contributed by atoms with Crippen molar-refractivity contribution in [1.82, 2.24) is 14.9 Å². The van der Waals surface area contributed by atoms with Crippen molar-refractivity contribution in [3.05, 3.63) is 53.9 Å². The third kappa shape index (κ3) is 3.23. The molecular formula is C19H24FN3O. The molecule has 0 radical (unpaired) electrons. The molecule has 1 N–H and O–H groups in total. The number of halogens is 1. The molecule has 2 heterocycles. The fourth-order valence-electron chi connectivity index (χ4n) is 3.93. The number of hydrogen-bond acceptors (Lipinski definition) is 3. The Hall–Kier alpha value is -1.72. The van der Waals surface area contributed by atoms with E-state index in [9.17, 15) is 4.39 Å². The molecule has 24 heavy (non-hydrogen) atoms. The second kappa shape index (κ2) is 6.65. The van der Waals surface area contributed by atoms with Gasteiger partial charge in [0.1, 0.15) is 11.9 Å². The van der Waals surface area contributed by atoms with Gasteiger partial charge in [-0.1, -0.05) is 12.1 Å². The summed E-state index contributed by atoms with van der Waals surface area (Å²) < 4.78 is 21.0. The standard InChI is InChI=1S/C19H24FN3O/c1-23-12-21-11-18(23)19-10-16(6-7-24-19)22-17-8-14(9-17)13-2-4-15(20)5-3-13/h2-5,11-12,14,16-17,19,22H,6-10H2,1H3/t14?,16-,17?,19-/m1/s1. The molecule has 0 spiro atoms. The highest BCUT2D eigenvalue weighted by molar-refractivity contribution is 5.23. The van der Waals surface area contributed by atoms with E-state index in [1.807, 2.05) is 36.3 Å². The average Bonchev–Trinajstić information content (AvgIpc) is 2.98. The first-order valence-electron chi connectivity index (χ1n) is 8.78. The highest BCUT2D eigenvalue weighted by atomic mass is 19.1. The van der Waals surface area contributed by atoms with Crippen molar-refractivity contribution in [1.29, 1.82) is 0 Å². The Morgan fingerprint density at radius 2 is 1.96 bits per heavy atom. The van der Waals surface area contributed by atoms with Gasteiger partial charge in [0.15, 0.2) is 0 Å². The number of hydrogen-bond donors (Lipinski definition) is 1. The largest absolute Gasteiger partial charge is 0.372 e. The van der Waals surface area contributed by atoms with E-state index in [2.05, 4.69) is 10.3 Å². The molecule has 0 amide bonds. The molecule has 1 aliphatic carbocycles. The Bertz CT molecular complexity index is 678. The van der Waals surface area contributed by atoms with E-state index < -0.39 is 0 Å². The van der Waals surface area contributed by atoms with Gasteiger partial charge in [0.05, 0.1) is 18.2 Å². The van der Waals surface area contributed by atoms with Gasteiger partial charge in [0.25, 0.3) is 0 Å². The van der Waals surface area contributed by atoms with Crippen LogP contribution in [0.2, 0.25) is 0 Å². The summed E-state index contributed by atoms with van der Waals surface area (Å²) in [4.78, 5) is 4.20. The van der Waals surface area contributed by atoms with Crippen LogP contribution in [0.5, 0.6) is 0 Å². The second-order valence-electron chi connectivity index (χ2n) is 7.09. The van der Waals surface area contributed by atoms with Crippen LogP contribution in [-0.4, -0.2) is 28.2 Å². The molecule has 128 valence electrons. The number of aromatic nitrogens is 2. The van der Waals surface area contributed by atoms with Crippen LogP contribution >= 0.6 is 0 Å². The van der Waals surface area contributed by atoms with Crippen LogP contribution in [0.1, 0.15) is 49.0 Å². The summed E-state index contributed by atoms with van der Waals surface area (Å²) in [7, 11) is 2.02. The van der Waals surface area contributed by atoms with E-state index in [0.717, 1.165) is 38.0 Å². The van der Waals surface area contributed by atoms with Crippen molar-refractivity contribution in [2.24, 2.45) is 7.05 Å². The van der Waals surface area contributed by atoms with E-state index >= 15 is 0 Å². The van der Waals surface area contributed by atoms with Crippen LogP contribution in [0.4, 0.5) is 4.39 Å². The molecule has 1 saturated heterocycles. The Morgan fingerprint density at radius 1 is 1.17 bits per heavy atom. The summed E-state index contributed by atoms with van der Waals surface area (Å²) in [5.41, 5.74) is 2.41. The first kappa shape index (κ1) is 15.8. The van der Waals surface area contributed by atoms with Crippen LogP contribution in [0.25, 0.3) is 0 Å². The molecule has 0 bridgehead atoms. The van der Waals surface area contributed by atoms with E-state index in [4.69, 9.17) is 4.74 Å². The Morgan fingerprint density at radius 3 is 2.67 bits per heavy atom. The second-order valence-corrected chi connectivity index (χ2v) is 7.09. The third-order valence-corrected chi connectivity index (χ3v) is 5.42. The maximum absolute atomic E-state index is 13.0. The zero-order valence-electron chi connectivity index (χ0n) is 14.0. The Balaban J connectivity index is 1.29. The molecule has 4 rings (SSSR count). The van der Waals surface area contributed by atoms with Crippen molar-refractivity contribution < 1.29 is 9.13 Å². The quantitative estimate of drug-likeness (QED) is 0.935. The summed E-state index contributed by atoms with van der Waals surface area (Å²) in [6.45, 7) is 0.793. The molecule has 4 nitrogen and oxygen atoms in total. The molecule has 2 fully saturated rings. The van der Waals surface area contributed by atoms with E-state index in [1.54, 1.807) is 12.1 Å². The highest BCUT2D eigenvalue weighted by Crippen LogP contribution is 2.38. The van der Waals surface area contributed by atoms with Crippen molar-refractivity contribution in [2.45, 2.75) is 49.8 Å². The molecule has 2 aromatic rings. The van der Waals surface area contributed by atoms with Crippen molar-refractivity contribution >= 4 is 0 Å². The normalized spacial score (nSPS) is 30.1. The summed E-state index contributed by atoms with van der Waals surface area (Å²) >= 11 is 0. The first-order valence-corrected chi connectivity index (χ1v) is 8.78. The van der Waals surface area contributed by atoms with Gasteiger partial charge in [0.2, 0.25) is 0 Å². The van der Waals surface area contributed by atoms with Crippen LogP contribution in [0.3, 0.4) is 0 Å². The number of nitrogens with one attached hydrogen (secondary N) is 1. The van der Waals surface area contributed by atoms with Crippen LogP contribution in [-0.2, 0) is 11.8 Å². The Labute approximate surface area is 142 Å². The van der Waals surface area contributed by atoms with Gasteiger partial charge in [-0.3, -0.25) is 0 Å². The molecule has 2 aliphatic rings. The monoisotopic (exact) mass is 329 g/mol. The molecular weight excluding hydrogens is 305 g/mol. The van der Waals surface area contributed by atoms with Gasteiger partial charge >= 0.3 is 0 Å². The van der Waals surface area contributed by atoms with Crippen LogP contribution < -0.4 is 5.32 Å². The molecule has 0 unspecified atom stereocenters. The van der Waals surface area contributed by atoms with Crippen LogP contribution in [0.15, 0.2) is 36.8 Å². The summed E-state index contributed by atoms with van der Waals surface area (Å²) in [5, 5.41) is 3.79. The minimum absolute atomic E-state index is 0.136. The van der Waals surface area contributed by atoms with Gasteiger partial charge in [-0.25, -0.2) is 9.37 Å². The van der Waals surface area contributed by atoms with Crippen molar-refractivity contribution in [2.75, 3.05) is 6.61 Å². The number of imidazole rings is 1. The number of rotatable bonds is 4. The molecule has 1 saturated carbocycles. The predicted octanol–water partition coefficient (Wildman–Crippen LogP) is 3.32. The minimum atomic E-state index is -0.156. The fourth-order valence-corrected chi connectivity index (χ4v) is 3.93. The molecule has 1 aromatic heterocycles. The molecule has 1 aromatic carbocycles. The number of ether oxygens (including phenoxy) is 1. The maximum atomic E-state index is 13.0. The lowest BCUT2D eigenvalue weighted by molar-refractivity contribution is -0.00800. The number of benzene rings is 1. The minimum Gasteiger partial charge on any atom is -0.372 e. The smallest absolute Gasteiger partial charge is 0.123 e. The van der Waals surface area contributed by atoms with E-state index in [1.165, 1.54) is 5.56 Å². The lowest BCUT2D eigenvalue weighted by atomic mass is 9.75. The predicted molar refractivity (Wildman–Crippen MR) is 90.2 cm³/mol. The third-order valence-electron chi connectivity index (χ3n) is 5.42. The Kier molecular flexibility index (Phi) is 4.37. The number of nitrogens with zero attached hydrogens (tertiary/aromatic N) is 2. The zero-order valence-corrected chi connectivity index (χ0v) is 14.0. The SMILES string of the molecule is Cn1cncc1[C@H]1C[C@H](NC2CC(c3ccc(F)cc3)C2)CCO1. The lowest BCUT2D eigenvalue weighted by Gasteiger charge is -2.40. The maximum Gasteiger partial charge on any atom is 0.123 e. The van der Waals surface area contributed by atoms with E-state index in [0.29, 0.717) is 18.0 Å². The molecule has 2 atom stereocenters. The summed E-state index contributed by atoms with van der Waals surface area (Å²) in [6.07, 6.45) is 8.20. The van der Waals surface area contributed by atoms with Crippen LogP contribution in [0, 0.1) is 5.82 Å². The van der Waals surface area contributed by atoms with Gasteiger partial charge in [0, 0.05) is 25.7 Å². The first-order chi connectivity index (χ1) is 11.7. The average molecular weight is 329 g/mol. The molecule has 5 heteroatoms. The van der Waals surface area contributed by atoms with E-state index in [-0.39, 0.29) is 11.9 Å². The summed E-state index contributed by atoms with van der Waals surface area (Å²) in [6, 6.07) is 8.03. The van der Waals surface area contributed by atoms with Gasteiger partial charge in [-0.05, 0) is 49.3 Å². The molecule has 1 aliphatic heterocycles. The van der Waals surface area contributed by atoms with Crippen molar-refractivity contribution in [3.8, 4) is 0 Å².